The van der Waals surface area contributed by atoms with E-state index in [4.69, 9.17) is 4.74 Å². The average molecular weight is 487 g/mol. The molecular weight excluding hydrogens is 460 g/mol. The molecule has 2 aliphatic heterocycles. The van der Waals surface area contributed by atoms with E-state index in [2.05, 4.69) is 10.6 Å². The van der Waals surface area contributed by atoms with E-state index in [-0.39, 0.29) is 5.91 Å². The standard InChI is InChI=1S/C27H26N4O5/c1-27(19-7-5-18-15-22(36-2)12-6-17(18)14-19)25(34)31(26(35)29-27)16-23(32)28-20-8-10-21(11-9-20)30-13-3-4-24(30)33/h5-12,14-15H,3-4,13,16H2,1-2H3,(H,28,32)(H,29,35)/t27-/m1/s1. The van der Waals surface area contributed by atoms with Crippen molar-refractivity contribution in [1.82, 2.24) is 10.2 Å². The van der Waals surface area contributed by atoms with Crippen LogP contribution in [0, 0.1) is 0 Å². The molecule has 0 unspecified atom stereocenters. The number of hydrogen-bond donors (Lipinski definition) is 2. The molecule has 9 nitrogen and oxygen atoms in total. The zero-order valence-electron chi connectivity index (χ0n) is 20.0. The van der Waals surface area contributed by atoms with Crippen molar-refractivity contribution in [3.05, 3.63) is 66.2 Å². The molecule has 0 spiro atoms. The van der Waals surface area contributed by atoms with Crippen molar-refractivity contribution in [2.24, 2.45) is 0 Å². The first-order valence-corrected chi connectivity index (χ1v) is 11.7. The third-order valence-corrected chi connectivity index (χ3v) is 6.74. The quantitative estimate of drug-likeness (QED) is 0.520. The van der Waals surface area contributed by atoms with Crippen molar-refractivity contribution in [3.8, 4) is 5.75 Å². The van der Waals surface area contributed by atoms with Gasteiger partial charge in [-0.15, -0.1) is 0 Å². The van der Waals surface area contributed by atoms with Crippen LogP contribution < -0.4 is 20.3 Å². The number of benzene rings is 3. The number of ether oxygens (including phenoxy) is 1. The van der Waals surface area contributed by atoms with Crippen LogP contribution in [0.3, 0.4) is 0 Å². The lowest BCUT2D eigenvalue weighted by atomic mass is 9.90. The van der Waals surface area contributed by atoms with Crippen molar-refractivity contribution in [1.29, 1.82) is 0 Å². The highest BCUT2D eigenvalue weighted by Crippen LogP contribution is 2.32. The zero-order chi connectivity index (χ0) is 25.4. The van der Waals surface area contributed by atoms with Crippen molar-refractivity contribution < 1.29 is 23.9 Å². The first kappa shape index (κ1) is 23.3. The molecule has 0 aromatic heterocycles. The topological polar surface area (TPSA) is 108 Å². The minimum Gasteiger partial charge on any atom is -0.497 e. The number of rotatable bonds is 6. The van der Waals surface area contributed by atoms with Gasteiger partial charge in [-0.25, -0.2) is 4.79 Å². The van der Waals surface area contributed by atoms with Crippen LogP contribution in [0.4, 0.5) is 16.2 Å². The molecule has 3 aromatic rings. The molecule has 2 aliphatic rings. The zero-order valence-corrected chi connectivity index (χ0v) is 20.0. The van der Waals surface area contributed by atoms with Crippen molar-refractivity contribution in [2.75, 3.05) is 30.4 Å². The molecule has 5 rings (SSSR count). The normalized spacial score (nSPS) is 19.7. The highest BCUT2D eigenvalue weighted by atomic mass is 16.5. The van der Waals surface area contributed by atoms with Crippen LogP contribution in [0.2, 0.25) is 0 Å². The summed E-state index contributed by atoms with van der Waals surface area (Å²) < 4.78 is 5.26. The fourth-order valence-corrected chi connectivity index (χ4v) is 4.69. The summed E-state index contributed by atoms with van der Waals surface area (Å²) in [5.74, 6) is -0.195. The van der Waals surface area contributed by atoms with Crippen LogP contribution in [-0.4, -0.2) is 48.9 Å². The van der Waals surface area contributed by atoms with E-state index >= 15 is 0 Å². The minimum atomic E-state index is -1.30. The summed E-state index contributed by atoms with van der Waals surface area (Å²) in [5, 5.41) is 7.29. The van der Waals surface area contributed by atoms with Gasteiger partial charge < -0.3 is 20.3 Å². The van der Waals surface area contributed by atoms with Gasteiger partial charge in [0.2, 0.25) is 11.8 Å². The Labute approximate surface area is 208 Å². The van der Waals surface area contributed by atoms with E-state index < -0.39 is 29.9 Å². The molecule has 184 valence electrons. The van der Waals surface area contributed by atoms with E-state index in [1.165, 1.54) is 0 Å². The first-order valence-electron chi connectivity index (χ1n) is 11.7. The Balaban J connectivity index is 1.28. The van der Waals surface area contributed by atoms with E-state index in [1.807, 2.05) is 30.3 Å². The SMILES string of the molecule is COc1ccc2cc([C@@]3(C)NC(=O)N(CC(=O)Nc4ccc(N5CCCC5=O)cc4)C3=O)ccc2c1. The van der Waals surface area contributed by atoms with Crippen LogP contribution in [0.25, 0.3) is 10.8 Å². The van der Waals surface area contributed by atoms with Gasteiger partial charge in [-0.3, -0.25) is 19.3 Å². The van der Waals surface area contributed by atoms with E-state index in [0.717, 1.165) is 33.5 Å². The Morgan fingerprint density at radius 1 is 1.03 bits per heavy atom. The molecule has 36 heavy (non-hydrogen) atoms. The second-order valence-electron chi connectivity index (χ2n) is 9.12. The monoisotopic (exact) mass is 486 g/mol. The second kappa shape index (κ2) is 8.99. The molecule has 2 fully saturated rings. The fourth-order valence-electron chi connectivity index (χ4n) is 4.69. The maximum absolute atomic E-state index is 13.3. The summed E-state index contributed by atoms with van der Waals surface area (Å²) >= 11 is 0. The highest BCUT2D eigenvalue weighted by Gasteiger charge is 2.49. The van der Waals surface area contributed by atoms with Crippen LogP contribution >= 0.6 is 0 Å². The summed E-state index contributed by atoms with van der Waals surface area (Å²) in [6.45, 7) is 1.90. The van der Waals surface area contributed by atoms with Crippen molar-refractivity contribution in [3.63, 3.8) is 0 Å². The number of anilines is 2. The highest BCUT2D eigenvalue weighted by molar-refractivity contribution is 6.10. The fraction of sp³-hybridized carbons (Fsp3) is 0.259. The van der Waals surface area contributed by atoms with Gasteiger partial charge in [0, 0.05) is 24.3 Å². The lowest BCUT2D eigenvalue weighted by Crippen LogP contribution is -2.42. The van der Waals surface area contributed by atoms with Crippen LogP contribution in [0.1, 0.15) is 25.3 Å². The molecule has 0 aliphatic carbocycles. The van der Waals surface area contributed by atoms with Crippen molar-refractivity contribution in [2.45, 2.75) is 25.3 Å². The summed E-state index contributed by atoms with van der Waals surface area (Å²) in [4.78, 5) is 53.2. The number of methoxy groups -OCH3 is 1. The van der Waals surface area contributed by atoms with Crippen molar-refractivity contribution >= 4 is 45.9 Å². The van der Waals surface area contributed by atoms with Gasteiger partial charge in [-0.1, -0.05) is 18.2 Å². The smallest absolute Gasteiger partial charge is 0.325 e. The number of fused-ring (bicyclic) bond motifs is 1. The van der Waals surface area contributed by atoms with Gasteiger partial charge in [0.1, 0.15) is 17.8 Å². The Morgan fingerprint density at radius 3 is 2.44 bits per heavy atom. The van der Waals surface area contributed by atoms with E-state index in [1.54, 1.807) is 49.3 Å². The number of nitrogens with zero attached hydrogens (tertiary/aromatic N) is 2. The predicted molar refractivity (Wildman–Crippen MR) is 135 cm³/mol. The Hall–Kier alpha value is -4.40. The van der Waals surface area contributed by atoms with Crippen LogP contribution in [0.5, 0.6) is 5.75 Å². The van der Waals surface area contributed by atoms with Gasteiger partial charge in [-0.05, 0) is 72.1 Å². The maximum atomic E-state index is 13.3. The minimum absolute atomic E-state index is 0.0829. The Bertz CT molecular complexity index is 1390. The van der Waals surface area contributed by atoms with Gasteiger partial charge in [0.25, 0.3) is 5.91 Å². The Morgan fingerprint density at radius 2 is 1.75 bits per heavy atom. The number of carbonyl (C=O) groups excluding carboxylic acids is 4. The number of nitrogens with one attached hydrogen (secondary N) is 2. The van der Waals surface area contributed by atoms with E-state index in [0.29, 0.717) is 24.2 Å². The largest absolute Gasteiger partial charge is 0.497 e. The third-order valence-electron chi connectivity index (χ3n) is 6.74. The van der Waals surface area contributed by atoms with Crippen LogP contribution in [0.15, 0.2) is 60.7 Å². The van der Waals surface area contributed by atoms with E-state index in [9.17, 15) is 19.2 Å². The molecule has 1 atom stereocenters. The third kappa shape index (κ3) is 4.13. The number of imide groups is 1. The summed E-state index contributed by atoms with van der Waals surface area (Å²) in [6, 6.07) is 17.4. The van der Waals surface area contributed by atoms with Crippen LogP contribution in [-0.2, 0) is 19.9 Å². The van der Waals surface area contributed by atoms with Gasteiger partial charge in [0.15, 0.2) is 0 Å². The molecule has 9 heteroatoms. The Kier molecular flexibility index (Phi) is 5.83. The predicted octanol–water partition coefficient (Wildman–Crippen LogP) is 3.38. The molecule has 2 saturated heterocycles. The maximum Gasteiger partial charge on any atom is 0.325 e. The summed E-state index contributed by atoms with van der Waals surface area (Å²) in [6.07, 6.45) is 1.37. The molecule has 3 aromatic carbocycles. The molecule has 5 amide bonds. The number of hydrogen-bond acceptors (Lipinski definition) is 5. The summed E-state index contributed by atoms with van der Waals surface area (Å²) in [5.41, 5.74) is 0.605. The molecule has 2 heterocycles. The lowest BCUT2D eigenvalue weighted by Gasteiger charge is -2.22. The molecule has 0 radical (unpaired) electrons. The summed E-state index contributed by atoms with van der Waals surface area (Å²) in [7, 11) is 1.60. The lowest BCUT2D eigenvalue weighted by molar-refractivity contribution is -0.133. The average Bonchev–Trinajstić information content (AvgIpc) is 3.40. The molecule has 2 N–H and O–H groups in total. The molecular formula is C27H26N4O5. The molecule has 0 bridgehead atoms. The first-order chi connectivity index (χ1) is 17.3. The van der Waals surface area contributed by atoms with Gasteiger partial charge in [0.05, 0.1) is 7.11 Å². The number of carbonyl (C=O) groups is 4. The van der Waals surface area contributed by atoms with Gasteiger partial charge in [-0.2, -0.15) is 0 Å². The number of amides is 5. The van der Waals surface area contributed by atoms with Gasteiger partial charge >= 0.3 is 6.03 Å². The second-order valence-corrected chi connectivity index (χ2v) is 9.12. The molecule has 0 saturated carbocycles. The number of urea groups is 1.